The molecular weight excluding hydrogens is 544 g/mol. The van der Waals surface area contributed by atoms with Gasteiger partial charge in [0.15, 0.2) is 11.5 Å². The number of carbonyl (C=O) groups is 2. The number of hydrogen-bond acceptors (Lipinski definition) is 7. The molecule has 4 aromatic rings. The van der Waals surface area contributed by atoms with Crippen LogP contribution in [0.25, 0.3) is 5.76 Å². The van der Waals surface area contributed by atoms with Crippen LogP contribution in [0.15, 0.2) is 96.8 Å². The third-order valence-electron chi connectivity index (χ3n) is 7.61. The second-order valence-electron chi connectivity index (χ2n) is 10.7. The maximum absolute atomic E-state index is 13.6. The van der Waals surface area contributed by atoms with Crippen molar-refractivity contribution in [2.75, 3.05) is 6.61 Å². The van der Waals surface area contributed by atoms with Crippen LogP contribution in [0, 0.1) is 0 Å². The lowest BCUT2D eigenvalue weighted by atomic mass is 9.94. The van der Waals surface area contributed by atoms with E-state index in [0.717, 1.165) is 22.4 Å². The van der Waals surface area contributed by atoms with Crippen LogP contribution in [-0.2, 0) is 29.2 Å². The van der Waals surface area contributed by atoms with Crippen molar-refractivity contribution in [1.29, 1.82) is 0 Å². The smallest absolute Gasteiger partial charge is 0.295 e. The summed E-state index contributed by atoms with van der Waals surface area (Å²) in [4.78, 5) is 32.8. The number of nitrogens with zero attached hydrogens (tertiary/aromatic N) is 2. The number of aliphatic hydroxyl groups excluding tert-OH is 1. The van der Waals surface area contributed by atoms with Gasteiger partial charge in [-0.1, -0.05) is 42.5 Å². The van der Waals surface area contributed by atoms with Crippen LogP contribution >= 0.6 is 0 Å². The molecule has 3 heterocycles. The van der Waals surface area contributed by atoms with E-state index < -0.39 is 17.7 Å². The predicted octanol–water partition coefficient (Wildman–Crippen LogP) is 6.00. The van der Waals surface area contributed by atoms with Crippen LogP contribution in [0.1, 0.15) is 47.7 Å². The first-order chi connectivity index (χ1) is 20.9. The molecule has 1 fully saturated rings. The summed E-state index contributed by atoms with van der Waals surface area (Å²) in [6.45, 7) is 4.72. The highest BCUT2D eigenvalue weighted by atomic mass is 16.5. The van der Waals surface area contributed by atoms with Gasteiger partial charge in [-0.05, 0) is 72.5 Å². The Kier molecular flexibility index (Phi) is 7.83. The Labute approximate surface area is 250 Å². The molecule has 0 bridgehead atoms. The molecule has 43 heavy (non-hydrogen) atoms. The maximum atomic E-state index is 13.6. The molecule has 1 amide bonds. The highest BCUT2D eigenvalue weighted by Gasteiger charge is 2.46. The first-order valence-electron chi connectivity index (χ1n) is 14.3. The van der Waals surface area contributed by atoms with Crippen molar-refractivity contribution in [3.05, 3.63) is 125 Å². The standard InChI is InChI=1S/C35H32N2O6/c1-3-41-30-18-25(11-14-29(30)42-21-23-8-5-4-6-9-23)32-31(33(38)26-12-13-28-27(17-26)16-22(2)43-28)34(39)35(40)37(32)20-24-10-7-15-36-19-24/h4-15,17-19,22,32,38H,3,16,20-21H2,1-2H3/t22-,32-/m0/s1. The number of likely N-dealkylation sites (tertiary alicyclic amines) is 1. The lowest BCUT2D eigenvalue weighted by Gasteiger charge is -2.26. The van der Waals surface area contributed by atoms with E-state index >= 15 is 0 Å². The number of ketones is 1. The zero-order valence-electron chi connectivity index (χ0n) is 24.0. The van der Waals surface area contributed by atoms with Crippen molar-refractivity contribution in [2.45, 2.75) is 45.6 Å². The van der Waals surface area contributed by atoms with Gasteiger partial charge in [0.05, 0.1) is 18.2 Å². The number of aliphatic hydroxyl groups is 1. The topological polar surface area (TPSA) is 98.2 Å². The fraction of sp³-hybridized carbons (Fsp3) is 0.229. The molecular formula is C35H32N2O6. The zero-order valence-corrected chi connectivity index (χ0v) is 24.0. The molecule has 1 aromatic heterocycles. The summed E-state index contributed by atoms with van der Waals surface area (Å²) in [7, 11) is 0. The van der Waals surface area contributed by atoms with Crippen molar-refractivity contribution < 1.29 is 28.9 Å². The van der Waals surface area contributed by atoms with E-state index in [1.807, 2.05) is 56.3 Å². The number of pyridine rings is 1. The Balaban J connectivity index is 1.43. The molecule has 2 aliphatic heterocycles. The van der Waals surface area contributed by atoms with E-state index in [9.17, 15) is 14.7 Å². The highest BCUT2D eigenvalue weighted by Crippen LogP contribution is 2.43. The van der Waals surface area contributed by atoms with E-state index in [0.29, 0.717) is 42.3 Å². The van der Waals surface area contributed by atoms with E-state index in [1.165, 1.54) is 4.90 Å². The van der Waals surface area contributed by atoms with Gasteiger partial charge < -0.3 is 24.2 Å². The van der Waals surface area contributed by atoms with Gasteiger partial charge in [-0.2, -0.15) is 0 Å². The van der Waals surface area contributed by atoms with E-state index in [1.54, 1.807) is 48.8 Å². The molecule has 0 aliphatic carbocycles. The molecule has 0 spiro atoms. The van der Waals surface area contributed by atoms with Crippen molar-refractivity contribution in [3.8, 4) is 17.2 Å². The molecule has 3 aromatic carbocycles. The number of Topliss-reactive ketones (excluding diaryl/α,β-unsaturated/α-hetero) is 1. The quantitative estimate of drug-likeness (QED) is 0.148. The van der Waals surface area contributed by atoms with Crippen LogP contribution in [0.3, 0.4) is 0 Å². The zero-order chi connectivity index (χ0) is 29.9. The van der Waals surface area contributed by atoms with Crippen LogP contribution in [0.4, 0.5) is 0 Å². The van der Waals surface area contributed by atoms with Gasteiger partial charge in [-0.25, -0.2) is 0 Å². The van der Waals surface area contributed by atoms with Crippen LogP contribution in [0.5, 0.6) is 17.2 Å². The number of benzene rings is 3. The van der Waals surface area contributed by atoms with Crippen molar-refractivity contribution in [1.82, 2.24) is 9.88 Å². The lowest BCUT2D eigenvalue weighted by molar-refractivity contribution is -0.140. The summed E-state index contributed by atoms with van der Waals surface area (Å²) in [5, 5.41) is 11.6. The van der Waals surface area contributed by atoms with Gasteiger partial charge in [-0.3, -0.25) is 14.6 Å². The minimum absolute atomic E-state index is 0.0150. The van der Waals surface area contributed by atoms with Gasteiger partial charge in [0.25, 0.3) is 11.7 Å². The maximum Gasteiger partial charge on any atom is 0.295 e. The Morgan fingerprint density at radius 1 is 0.977 bits per heavy atom. The van der Waals surface area contributed by atoms with Crippen molar-refractivity contribution in [3.63, 3.8) is 0 Å². The number of fused-ring (bicyclic) bond motifs is 1. The SMILES string of the molecule is CCOc1cc([C@H]2C(=C(O)c3ccc4c(c3)C[C@H](C)O4)C(=O)C(=O)N2Cc2cccnc2)ccc1OCc1ccccc1. The number of aromatic nitrogens is 1. The van der Waals surface area contributed by atoms with Crippen LogP contribution in [0.2, 0.25) is 0 Å². The fourth-order valence-electron chi connectivity index (χ4n) is 5.62. The molecule has 1 saturated heterocycles. The molecule has 2 aliphatic rings. The predicted molar refractivity (Wildman–Crippen MR) is 161 cm³/mol. The largest absolute Gasteiger partial charge is 0.507 e. The minimum Gasteiger partial charge on any atom is -0.507 e. The molecule has 1 N–H and O–H groups in total. The molecule has 0 saturated carbocycles. The van der Waals surface area contributed by atoms with Gasteiger partial charge in [0.1, 0.15) is 24.2 Å². The van der Waals surface area contributed by atoms with Crippen LogP contribution in [-0.4, -0.2) is 39.4 Å². The average Bonchev–Trinajstić information content (AvgIpc) is 3.52. The minimum atomic E-state index is -0.869. The lowest BCUT2D eigenvalue weighted by Crippen LogP contribution is -2.29. The highest BCUT2D eigenvalue weighted by molar-refractivity contribution is 6.46. The summed E-state index contributed by atoms with van der Waals surface area (Å²) in [6.07, 6.45) is 4.02. The summed E-state index contributed by atoms with van der Waals surface area (Å²) < 4.78 is 17.9. The Morgan fingerprint density at radius 3 is 2.56 bits per heavy atom. The number of amides is 1. The molecule has 218 valence electrons. The van der Waals surface area contributed by atoms with E-state index in [4.69, 9.17) is 14.2 Å². The van der Waals surface area contributed by atoms with Gasteiger partial charge in [0, 0.05) is 30.9 Å². The first kappa shape index (κ1) is 28.0. The Hall–Kier alpha value is -5.11. The second kappa shape index (κ2) is 12.0. The van der Waals surface area contributed by atoms with Gasteiger partial charge in [0.2, 0.25) is 0 Å². The molecule has 8 heteroatoms. The number of ether oxygens (including phenoxy) is 3. The Morgan fingerprint density at radius 2 is 1.79 bits per heavy atom. The first-order valence-corrected chi connectivity index (χ1v) is 14.3. The second-order valence-corrected chi connectivity index (χ2v) is 10.7. The van der Waals surface area contributed by atoms with Crippen LogP contribution < -0.4 is 14.2 Å². The molecule has 8 nitrogen and oxygen atoms in total. The molecule has 6 rings (SSSR count). The van der Waals surface area contributed by atoms with Crippen molar-refractivity contribution in [2.24, 2.45) is 0 Å². The molecule has 0 unspecified atom stereocenters. The molecule has 2 atom stereocenters. The third-order valence-corrected chi connectivity index (χ3v) is 7.61. The Bertz CT molecular complexity index is 1690. The molecule has 0 radical (unpaired) electrons. The van der Waals surface area contributed by atoms with Gasteiger partial charge >= 0.3 is 0 Å². The summed E-state index contributed by atoms with van der Waals surface area (Å²) >= 11 is 0. The summed E-state index contributed by atoms with van der Waals surface area (Å²) in [5.74, 6) is 0.0829. The fourth-order valence-corrected chi connectivity index (χ4v) is 5.62. The average molecular weight is 577 g/mol. The number of carbonyl (C=O) groups excluding carboxylic acids is 2. The third kappa shape index (κ3) is 5.68. The summed E-state index contributed by atoms with van der Waals surface area (Å²) in [5.41, 5.74) is 3.78. The normalized spacial score (nSPS) is 18.8. The number of hydrogen-bond donors (Lipinski definition) is 1. The van der Waals surface area contributed by atoms with Gasteiger partial charge in [-0.15, -0.1) is 0 Å². The van der Waals surface area contributed by atoms with E-state index in [-0.39, 0.29) is 24.0 Å². The van der Waals surface area contributed by atoms with Crippen molar-refractivity contribution >= 4 is 17.4 Å². The monoisotopic (exact) mass is 576 g/mol. The summed E-state index contributed by atoms with van der Waals surface area (Å²) in [6, 6.07) is 23.3. The van der Waals surface area contributed by atoms with E-state index in [2.05, 4.69) is 4.98 Å². The number of rotatable bonds is 9.